The Morgan fingerprint density at radius 1 is 1.29 bits per heavy atom. The molecule has 0 bridgehead atoms. The standard InChI is InChI=1S/C15H17N3O3/c1-18-9-3-4-12(18)10-16-17-15(19)11-21-14-7-5-13(20-2)6-8-14/h3-10H,11H2,1-2H3,(H,17,19)/b16-10+. The molecule has 2 rings (SSSR count). The number of nitrogens with zero attached hydrogens (tertiary/aromatic N) is 2. The first-order valence-corrected chi connectivity index (χ1v) is 6.39. The lowest BCUT2D eigenvalue weighted by Crippen LogP contribution is -2.24. The number of hydrogen-bond acceptors (Lipinski definition) is 4. The van der Waals surface area contributed by atoms with E-state index in [2.05, 4.69) is 10.5 Å². The second-order valence-corrected chi connectivity index (χ2v) is 4.30. The SMILES string of the molecule is COc1ccc(OCC(=O)N/N=C/c2cccn2C)cc1. The number of aromatic nitrogens is 1. The molecule has 21 heavy (non-hydrogen) atoms. The Balaban J connectivity index is 1.76. The first kappa shape index (κ1) is 14.6. The van der Waals surface area contributed by atoms with Gasteiger partial charge in [-0.25, -0.2) is 5.43 Å². The summed E-state index contributed by atoms with van der Waals surface area (Å²) >= 11 is 0. The van der Waals surface area contributed by atoms with Gasteiger partial charge in [0.05, 0.1) is 19.0 Å². The lowest BCUT2D eigenvalue weighted by molar-refractivity contribution is -0.123. The summed E-state index contributed by atoms with van der Waals surface area (Å²) in [5.41, 5.74) is 3.30. The van der Waals surface area contributed by atoms with Gasteiger partial charge in [0, 0.05) is 13.2 Å². The van der Waals surface area contributed by atoms with Crippen LogP contribution in [0, 0.1) is 0 Å². The Hall–Kier alpha value is -2.76. The van der Waals surface area contributed by atoms with E-state index < -0.39 is 0 Å². The van der Waals surface area contributed by atoms with Gasteiger partial charge in [-0.1, -0.05) is 0 Å². The van der Waals surface area contributed by atoms with Crippen LogP contribution in [0.3, 0.4) is 0 Å². The summed E-state index contributed by atoms with van der Waals surface area (Å²) in [5, 5.41) is 3.87. The number of carbonyl (C=O) groups excluding carboxylic acids is 1. The Bertz CT molecular complexity index is 617. The number of aryl methyl sites for hydroxylation is 1. The Morgan fingerprint density at radius 3 is 2.62 bits per heavy atom. The fraction of sp³-hybridized carbons (Fsp3) is 0.200. The zero-order chi connectivity index (χ0) is 15.1. The zero-order valence-corrected chi connectivity index (χ0v) is 11.9. The first-order valence-electron chi connectivity index (χ1n) is 6.39. The molecule has 6 nitrogen and oxygen atoms in total. The Kier molecular flexibility index (Phi) is 4.98. The summed E-state index contributed by atoms with van der Waals surface area (Å²) in [6, 6.07) is 10.8. The summed E-state index contributed by atoms with van der Waals surface area (Å²) in [7, 11) is 3.49. The summed E-state index contributed by atoms with van der Waals surface area (Å²) in [4.78, 5) is 11.6. The number of hydrazone groups is 1. The third-order valence-corrected chi connectivity index (χ3v) is 2.80. The maximum absolute atomic E-state index is 11.6. The van der Waals surface area contributed by atoms with E-state index in [-0.39, 0.29) is 12.5 Å². The van der Waals surface area contributed by atoms with Crippen molar-refractivity contribution < 1.29 is 14.3 Å². The van der Waals surface area contributed by atoms with Crippen molar-refractivity contribution in [3.63, 3.8) is 0 Å². The lowest BCUT2D eigenvalue weighted by atomic mass is 10.3. The van der Waals surface area contributed by atoms with Gasteiger partial charge >= 0.3 is 0 Å². The molecule has 110 valence electrons. The van der Waals surface area contributed by atoms with Gasteiger partial charge < -0.3 is 14.0 Å². The van der Waals surface area contributed by atoms with Gasteiger partial charge in [-0.05, 0) is 36.4 Å². The summed E-state index contributed by atoms with van der Waals surface area (Å²) in [5.74, 6) is 1.01. The molecule has 0 saturated heterocycles. The zero-order valence-electron chi connectivity index (χ0n) is 11.9. The summed E-state index contributed by atoms with van der Waals surface area (Å²) in [6.45, 7) is -0.100. The van der Waals surface area contributed by atoms with Crippen LogP contribution in [0.2, 0.25) is 0 Å². The Labute approximate surface area is 123 Å². The average molecular weight is 287 g/mol. The third kappa shape index (κ3) is 4.38. The molecule has 0 spiro atoms. The topological polar surface area (TPSA) is 64.8 Å². The van der Waals surface area contributed by atoms with Crippen LogP contribution in [0.25, 0.3) is 0 Å². The molecule has 0 fully saturated rings. The molecule has 1 N–H and O–H groups in total. The highest BCUT2D eigenvalue weighted by molar-refractivity contribution is 5.81. The molecule has 0 atom stereocenters. The second kappa shape index (κ2) is 7.14. The van der Waals surface area contributed by atoms with Crippen molar-refractivity contribution in [3.05, 3.63) is 48.3 Å². The second-order valence-electron chi connectivity index (χ2n) is 4.30. The van der Waals surface area contributed by atoms with Gasteiger partial charge in [0.1, 0.15) is 11.5 Å². The highest BCUT2D eigenvalue weighted by Crippen LogP contribution is 2.16. The van der Waals surface area contributed by atoms with Crippen LogP contribution in [-0.4, -0.2) is 30.4 Å². The molecular formula is C15H17N3O3. The summed E-state index contributed by atoms with van der Waals surface area (Å²) in [6.07, 6.45) is 3.47. The molecule has 0 aliphatic heterocycles. The van der Waals surface area contributed by atoms with Crippen molar-refractivity contribution in [3.8, 4) is 11.5 Å². The van der Waals surface area contributed by atoms with Crippen molar-refractivity contribution in [2.75, 3.05) is 13.7 Å². The van der Waals surface area contributed by atoms with E-state index in [4.69, 9.17) is 9.47 Å². The Morgan fingerprint density at radius 2 is 2.00 bits per heavy atom. The maximum atomic E-state index is 11.6. The molecule has 0 saturated carbocycles. The predicted molar refractivity (Wildman–Crippen MR) is 79.6 cm³/mol. The molecule has 1 amide bonds. The van der Waals surface area contributed by atoms with Crippen molar-refractivity contribution in [1.29, 1.82) is 0 Å². The smallest absolute Gasteiger partial charge is 0.277 e. The lowest BCUT2D eigenvalue weighted by Gasteiger charge is -2.05. The predicted octanol–water partition coefficient (Wildman–Crippen LogP) is 1.56. The van der Waals surface area contributed by atoms with Crippen molar-refractivity contribution in [1.82, 2.24) is 9.99 Å². The molecule has 6 heteroatoms. The van der Waals surface area contributed by atoms with Gasteiger partial charge in [-0.2, -0.15) is 5.10 Å². The van der Waals surface area contributed by atoms with Gasteiger partial charge in [0.25, 0.3) is 5.91 Å². The van der Waals surface area contributed by atoms with Gasteiger partial charge in [0.15, 0.2) is 6.61 Å². The first-order chi connectivity index (χ1) is 10.2. The number of rotatable bonds is 6. The molecule has 0 unspecified atom stereocenters. The van der Waals surface area contributed by atoms with Crippen molar-refractivity contribution in [2.24, 2.45) is 12.1 Å². The highest BCUT2D eigenvalue weighted by Gasteiger charge is 2.01. The van der Waals surface area contributed by atoms with Gasteiger partial charge in [0.2, 0.25) is 0 Å². The van der Waals surface area contributed by atoms with E-state index in [1.807, 2.05) is 29.9 Å². The van der Waals surface area contributed by atoms with Gasteiger partial charge in [-0.3, -0.25) is 4.79 Å². The monoisotopic (exact) mass is 287 g/mol. The molecule has 1 aromatic carbocycles. The van der Waals surface area contributed by atoms with E-state index in [1.165, 1.54) is 0 Å². The number of nitrogens with one attached hydrogen (secondary N) is 1. The van der Waals surface area contributed by atoms with Crippen LogP contribution in [-0.2, 0) is 11.8 Å². The van der Waals surface area contributed by atoms with Crippen LogP contribution < -0.4 is 14.9 Å². The molecule has 0 aliphatic carbocycles. The summed E-state index contributed by atoms with van der Waals surface area (Å²) < 4.78 is 12.3. The number of methoxy groups -OCH3 is 1. The van der Waals surface area contributed by atoms with Crippen molar-refractivity contribution >= 4 is 12.1 Å². The van der Waals surface area contributed by atoms with Crippen LogP contribution in [0.1, 0.15) is 5.69 Å². The fourth-order valence-electron chi connectivity index (χ4n) is 1.63. The van der Waals surface area contributed by atoms with Crippen LogP contribution >= 0.6 is 0 Å². The van der Waals surface area contributed by atoms with Crippen LogP contribution in [0.4, 0.5) is 0 Å². The number of amides is 1. The quantitative estimate of drug-likeness (QED) is 0.648. The molecule has 0 aliphatic rings. The minimum atomic E-state index is -0.323. The normalized spacial score (nSPS) is 10.6. The minimum Gasteiger partial charge on any atom is -0.497 e. The molecule has 2 aromatic rings. The fourth-order valence-corrected chi connectivity index (χ4v) is 1.63. The van der Waals surface area contributed by atoms with E-state index in [0.29, 0.717) is 5.75 Å². The highest BCUT2D eigenvalue weighted by atomic mass is 16.5. The van der Waals surface area contributed by atoms with E-state index in [1.54, 1.807) is 37.6 Å². The van der Waals surface area contributed by atoms with E-state index >= 15 is 0 Å². The maximum Gasteiger partial charge on any atom is 0.277 e. The average Bonchev–Trinajstić information content (AvgIpc) is 2.91. The van der Waals surface area contributed by atoms with Crippen LogP contribution in [0.5, 0.6) is 11.5 Å². The minimum absolute atomic E-state index is 0.100. The molecule has 1 aromatic heterocycles. The number of benzene rings is 1. The molecular weight excluding hydrogens is 270 g/mol. The number of carbonyl (C=O) groups is 1. The number of hydrogen-bond donors (Lipinski definition) is 1. The van der Waals surface area contributed by atoms with Crippen LogP contribution in [0.15, 0.2) is 47.7 Å². The molecule has 0 radical (unpaired) electrons. The molecule has 1 heterocycles. The van der Waals surface area contributed by atoms with Crippen molar-refractivity contribution in [2.45, 2.75) is 0 Å². The largest absolute Gasteiger partial charge is 0.497 e. The third-order valence-electron chi connectivity index (χ3n) is 2.80. The van der Waals surface area contributed by atoms with E-state index in [9.17, 15) is 4.79 Å². The van der Waals surface area contributed by atoms with Gasteiger partial charge in [-0.15, -0.1) is 0 Å². The number of ether oxygens (including phenoxy) is 2. The van der Waals surface area contributed by atoms with E-state index in [0.717, 1.165) is 11.4 Å².